The van der Waals surface area contributed by atoms with Gasteiger partial charge in [0.2, 0.25) is 0 Å². The number of benzene rings is 1. The molecule has 98 valence electrons. The molecule has 0 bridgehead atoms. The van der Waals surface area contributed by atoms with Gasteiger partial charge in [0.1, 0.15) is 12.4 Å². The first kappa shape index (κ1) is 12.9. The number of nitrogens with one attached hydrogen (secondary N) is 1. The van der Waals surface area contributed by atoms with E-state index in [9.17, 15) is 0 Å². The zero-order chi connectivity index (χ0) is 12.8. The maximum atomic E-state index is 7.23. The molecule has 0 amide bonds. The Balaban J connectivity index is 1.80. The van der Waals surface area contributed by atoms with E-state index in [1.54, 1.807) is 0 Å². The van der Waals surface area contributed by atoms with Crippen molar-refractivity contribution in [2.75, 3.05) is 13.2 Å². The molecule has 1 unspecified atom stereocenters. The zero-order valence-corrected chi connectivity index (χ0v) is 10.5. The maximum absolute atomic E-state index is 7.23. The lowest BCUT2D eigenvalue weighted by atomic mass is 10.1. The van der Waals surface area contributed by atoms with Crippen LogP contribution in [0, 0.1) is 5.41 Å². The van der Waals surface area contributed by atoms with Gasteiger partial charge in [-0.2, -0.15) is 0 Å². The molecule has 18 heavy (non-hydrogen) atoms. The van der Waals surface area contributed by atoms with Gasteiger partial charge in [-0.15, -0.1) is 0 Å². The van der Waals surface area contributed by atoms with Crippen LogP contribution in [0.2, 0.25) is 0 Å². The Kier molecular flexibility index (Phi) is 4.59. The topological polar surface area (TPSA) is 68.3 Å². The molecule has 1 aromatic carbocycles. The van der Waals surface area contributed by atoms with Crippen LogP contribution >= 0.6 is 0 Å². The average molecular weight is 248 g/mol. The third-order valence-corrected chi connectivity index (χ3v) is 3.03. The Bertz CT molecular complexity index is 383. The minimum absolute atomic E-state index is 0.180. The molecule has 1 heterocycles. The van der Waals surface area contributed by atoms with Crippen LogP contribution in [0.4, 0.5) is 0 Å². The van der Waals surface area contributed by atoms with Crippen LogP contribution in [-0.2, 0) is 11.2 Å². The van der Waals surface area contributed by atoms with Gasteiger partial charge in [-0.1, -0.05) is 12.1 Å². The molecule has 0 spiro atoms. The predicted molar refractivity (Wildman–Crippen MR) is 71.1 cm³/mol. The summed E-state index contributed by atoms with van der Waals surface area (Å²) in [5.41, 5.74) is 6.39. The summed E-state index contributed by atoms with van der Waals surface area (Å²) in [7, 11) is 0. The summed E-state index contributed by atoms with van der Waals surface area (Å²) in [5.74, 6) is 1.02. The van der Waals surface area contributed by atoms with Gasteiger partial charge in [-0.25, -0.2) is 0 Å². The number of hydrogen-bond donors (Lipinski definition) is 2. The SMILES string of the molecule is N=C(N)Cc1ccc(OCC2CCCCO2)cc1. The third-order valence-electron chi connectivity index (χ3n) is 3.03. The quantitative estimate of drug-likeness (QED) is 0.619. The van der Waals surface area contributed by atoms with E-state index in [1.165, 1.54) is 6.42 Å². The summed E-state index contributed by atoms with van der Waals surface area (Å²) in [6.07, 6.45) is 4.20. The number of hydrogen-bond acceptors (Lipinski definition) is 3. The van der Waals surface area contributed by atoms with Crippen molar-refractivity contribution in [3.63, 3.8) is 0 Å². The van der Waals surface area contributed by atoms with Crippen molar-refractivity contribution in [2.24, 2.45) is 5.73 Å². The lowest BCUT2D eigenvalue weighted by Crippen LogP contribution is -2.25. The van der Waals surface area contributed by atoms with Gasteiger partial charge in [-0.3, -0.25) is 5.41 Å². The van der Waals surface area contributed by atoms with E-state index in [2.05, 4.69) is 0 Å². The van der Waals surface area contributed by atoms with Gasteiger partial charge in [0.25, 0.3) is 0 Å². The van der Waals surface area contributed by atoms with Crippen molar-refractivity contribution < 1.29 is 9.47 Å². The van der Waals surface area contributed by atoms with Gasteiger partial charge in [0.15, 0.2) is 0 Å². The van der Waals surface area contributed by atoms with Crippen molar-refractivity contribution >= 4 is 5.84 Å². The molecule has 0 saturated carbocycles. The highest BCUT2D eigenvalue weighted by Gasteiger charge is 2.14. The van der Waals surface area contributed by atoms with Crippen LogP contribution in [0.5, 0.6) is 5.75 Å². The molecule has 1 aliphatic rings. The highest BCUT2D eigenvalue weighted by atomic mass is 16.5. The molecule has 1 fully saturated rings. The number of rotatable bonds is 5. The van der Waals surface area contributed by atoms with E-state index in [1.807, 2.05) is 24.3 Å². The Morgan fingerprint density at radius 2 is 2.11 bits per heavy atom. The molecule has 4 heteroatoms. The lowest BCUT2D eigenvalue weighted by Gasteiger charge is -2.22. The van der Waals surface area contributed by atoms with Crippen molar-refractivity contribution in [3.8, 4) is 5.75 Å². The summed E-state index contributed by atoms with van der Waals surface area (Å²) in [6.45, 7) is 1.47. The first-order valence-corrected chi connectivity index (χ1v) is 6.40. The van der Waals surface area contributed by atoms with E-state index >= 15 is 0 Å². The fraction of sp³-hybridized carbons (Fsp3) is 0.500. The largest absolute Gasteiger partial charge is 0.491 e. The van der Waals surface area contributed by atoms with Crippen molar-refractivity contribution in [2.45, 2.75) is 31.8 Å². The smallest absolute Gasteiger partial charge is 0.119 e. The Morgan fingerprint density at radius 1 is 1.33 bits per heavy atom. The molecule has 2 rings (SSSR count). The van der Waals surface area contributed by atoms with Crippen LogP contribution in [0.15, 0.2) is 24.3 Å². The van der Waals surface area contributed by atoms with Crippen LogP contribution in [-0.4, -0.2) is 25.2 Å². The van der Waals surface area contributed by atoms with E-state index < -0.39 is 0 Å². The molecular formula is C14H20N2O2. The first-order chi connectivity index (χ1) is 8.74. The third kappa shape index (κ3) is 4.04. The standard InChI is InChI=1S/C14H20N2O2/c15-14(16)9-11-4-6-12(7-5-11)18-10-13-3-1-2-8-17-13/h4-7,13H,1-3,8-10H2,(H3,15,16). The Labute approximate surface area is 108 Å². The highest BCUT2D eigenvalue weighted by molar-refractivity contribution is 5.79. The van der Waals surface area contributed by atoms with Crippen LogP contribution in [0.1, 0.15) is 24.8 Å². The lowest BCUT2D eigenvalue weighted by molar-refractivity contribution is -0.0110. The molecule has 3 N–H and O–H groups in total. The second-order valence-electron chi connectivity index (χ2n) is 4.65. The van der Waals surface area contributed by atoms with Gasteiger partial charge in [0.05, 0.1) is 11.9 Å². The fourth-order valence-electron chi connectivity index (χ4n) is 2.05. The van der Waals surface area contributed by atoms with E-state index in [0.717, 1.165) is 30.8 Å². The molecule has 0 aromatic heterocycles. The van der Waals surface area contributed by atoms with Crippen molar-refractivity contribution in [1.82, 2.24) is 0 Å². The summed E-state index contributed by atoms with van der Waals surface area (Å²) in [4.78, 5) is 0. The number of amidine groups is 1. The minimum atomic E-state index is 0.180. The number of nitrogens with two attached hydrogens (primary N) is 1. The van der Waals surface area contributed by atoms with Gasteiger partial charge in [0, 0.05) is 13.0 Å². The zero-order valence-electron chi connectivity index (χ0n) is 10.5. The normalized spacial score (nSPS) is 19.4. The highest BCUT2D eigenvalue weighted by Crippen LogP contribution is 2.16. The fourth-order valence-corrected chi connectivity index (χ4v) is 2.05. The first-order valence-electron chi connectivity index (χ1n) is 6.40. The predicted octanol–water partition coefficient (Wildman–Crippen LogP) is 2.11. The van der Waals surface area contributed by atoms with Crippen molar-refractivity contribution in [1.29, 1.82) is 5.41 Å². The molecule has 0 aliphatic carbocycles. The van der Waals surface area contributed by atoms with E-state index in [0.29, 0.717) is 13.0 Å². The van der Waals surface area contributed by atoms with E-state index in [-0.39, 0.29) is 11.9 Å². The molecule has 0 radical (unpaired) electrons. The van der Waals surface area contributed by atoms with Gasteiger partial charge < -0.3 is 15.2 Å². The van der Waals surface area contributed by atoms with Gasteiger partial charge >= 0.3 is 0 Å². The Morgan fingerprint density at radius 3 is 2.72 bits per heavy atom. The molecule has 1 aliphatic heterocycles. The van der Waals surface area contributed by atoms with Gasteiger partial charge in [-0.05, 0) is 37.0 Å². The summed E-state index contributed by atoms with van der Waals surface area (Å²) in [6, 6.07) is 7.72. The summed E-state index contributed by atoms with van der Waals surface area (Å²) >= 11 is 0. The van der Waals surface area contributed by atoms with E-state index in [4.69, 9.17) is 20.6 Å². The maximum Gasteiger partial charge on any atom is 0.119 e. The molecule has 1 atom stereocenters. The average Bonchev–Trinajstić information content (AvgIpc) is 2.38. The molecule has 1 aromatic rings. The molecule has 1 saturated heterocycles. The monoisotopic (exact) mass is 248 g/mol. The second-order valence-corrected chi connectivity index (χ2v) is 4.65. The molecule has 4 nitrogen and oxygen atoms in total. The molecular weight excluding hydrogens is 228 g/mol. The van der Waals surface area contributed by atoms with Crippen LogP contribution < -0.4 is 10.5 Å². The summed E-state index contributed by atoms with van der Waals surface area (Å²) < 4.78 is 11.3. The minimum Gasteiger partial charge on any atom is -0.491 e. The Hall–Kier alpha value is -1.55. The van der Waals surface area contributed by atoms with Crippen molar-refractivity contribution in [3.05, 3.63) is 29.8 Å². The van der Waals surface area contributed by atoms with Crippen LogP contribution in [0.3, 0.4) is 0 Å². The second kappa shape index (κ2) is 6.40. The van der Waals surface area contributed by atoms with Crippen LogP contribution in [0.25, 0.3) is 0 Å². The number of ether oxygens (including phenoxy) is 2. The summed E-state index contributed by atoms with van der Waals surface area (Å²) in [5, 5.41) is 7.23.